The summed E-state index contributed by atoms with van der Waals surface area (Å²) in [6, 6.07) is 5.63. The Morgan fingerprint density at radius 2 is 2.19 bits per heavy atom. The second kappa shape index (κ2) is 7.57. The Morgan fingerprint density at radius 1 is 1.43 bits per heavy atom. The van der Waals surface area contributed by atoms with Gasteiger partial charge in [0.15, 0.2) is 0 Å². The van der Waals surface area contributed by atoms with Crippen molar-refractivity contribution in [2.45, 2.75) is 52.2 Å². The van der Waals surface area contributed by atoms with E-state index in [0.717, 1.165) is 31.6 Å². The first-order valence-corrected chi connectivity index (χ1v) is 8.34. The Bertz CT molecular complexity index is 466. The standard InChI is InChI=1S/C17H26ClFN2/c1-4-12(3)17-11-21(15(5-2)9-20-17)10-13-8-14(19)6-7-16(13)18/h6-8,12,15,17,20H,4-5,9-11H2,1-3H3. The molecule has 2 rings (SSSR count). The highest BCUT2D eigenvalue weighted by Gasteiger charge is 2.29. The SMILES string of the molecule is CCC(C)C1CN(Cc2cc(F)ccc2Cl)C(CC)CN1. The molecule has 3 atom stereocenters. The quantitative estimate of drug-likeness (QED) is 0.881. The smallest absolute Gasteiger partial charge is 0.123 e. The van der Waals surface area contributed by atoms with E-state index in [1.807, 2.05) is 0 Å². The molecule has 1 fully saturated rings. The van der Waals surface area contributed by atoms with E-state index in [1.165, 1.54) is 12.5 Å². The number of halogens is 2. The molecule has 1 heterocycles. The first kappa shape index (κ1) is 16.7. The van der Waals surface area contributed by atoms with Crippen LogP contribution in [0.4, 0.5) is 4.39 Å². The zero-order valence-corrected chi connectivity index (χ0v) is 14.0. The molecule has 0 bridgehead atoms. The Balaban J connectivity index is 2.12. The zero-order valence-electron chi connectivity index (χ0n) is 13.2. The van der Waals surface area contributed by atoms with Crippen LogP contribution in [0.1, 0.15) is 39.2 Å². The van der Waals surface area contributed by atoms with Gasteiger partial charge < -0.3 is 5.32 Å². The number of nitrogens with zero attached hydrogens (tertiary/aromatic N) is 1. The summed E-state index contributed by atoms with van der Waals surface area (Å²) in [5.74, 6) is 0.435. The van der Waals surface area contributed by atoms with Crippen LogP contribution in [0.3, 0.4) is 0 Å². The molecule has 1 aliphatic rings. The fourth-order valence-corrected chi connectivity index (χ4v) is 3.21. The summed E-state index contributed by atoms with van der Waals surface area (Å²) in [6.45, 7) is 9.45. The molecule has 21 heavy (non-hydrogen) atoms. The van der Waals surface area contributed by atoms with Crippen molar-refractivity contribution in [3.8, 4) is 0 Å². The van der Waals surface area contributed by atoms with E-state index in [1.54, 1.807) is 12.1 Å². The van der Waals surface area contributed by atoms with Gasteiger partial charge in [0, 0.05) is 36.7 Å². The first-order valence-electron chi connectivity index (χ1n) is 7.96. The molecule has 0 amide bonds. The molecule has 0 spiro atoms. The minimum absolute atomic E-state index is 0.212. The van der Waals surface area contributed by atoms with Crippen LogP contribution in [0.15, 0.2) is 18.2 Å². The topological polar surface area (TPSA) is 15.3 Å². The molecule has 3 unspecified atom stereocenters. The van der Waals surface area contributed by atoms with Crippen molar-refractivity contribution in [2.24, 2.45) is 5.92 Å². The predicted molar refractivity (Wildman–Crippen MR) is 87.1 cm³/mol. The molecule has 1 aromatic rings. The van der Waals surface area contributed by atoms with Crippen LogP contribution in [0.2, 0.25) is 5.02 Å². The van der Waals surface area contributed by atoms with Crippen LogP contribution in [-0.4, -0.2) is 30.1 Å². The minimum atomic E-state index is -0.212. The number of piperazine rings is 1. The van der Waals surface area contributed by atoms with Gasteiger partial charge in [0.2, 0.25) is 0 Å². The number of hydrogen-bond acceptors (Lipinski definition) is 2. The highest BCUT2D eigenvalue weighted by Crippen LogP contribution is 2.23. The van der Waals surface area contributed by atoms with Crippen LogP contribution < -0.4 is 5.32 Å². The van der Waals surface area contributed by atoms with Gasteiger partial charge in [-0.2, -0.15) is 0 Å². The van der Waals surface area contributed by atoms with Gasteiger partial charge in [-0.25, -0.2) is 4.39 Å². The highest BCUT2D eigenvalue weighted by molar-refractivity contribution is 6.31. The third kappa shape index (κ3) is 4.18. The maximum absolute atomic E-state index is 13.5. The Morgan fingerprint density at radius 3 is 2.86 bits per heavy atom. The lowest BCUT2D eigenvalue weighted by molar-refractivity contribution is 0.0992. The van der Waals surface area contributed by atoms with E-state index < -0.39 is 0 Å². The molecule has 1 N–H and O–H groups in total. The number of benzene rings is 1. The summed E-state index contributed by atoms with van der Waals surface area (Å²) in [4.78, 5) is 2.45. The average molecular weight is 313 g/mol. The predicted octanol–water partition coefficient (Wildman–Crippen LogP) is 4.08. The second-order valence-corrected chi connectivity index (χ2v) is 6.53. The van der Waals surface area contributed by atoms with Crippen molar-refractivity contribution in [1.29, 1.82) is 0 Å². The lowest BCUT2D eigenvalue weighted by atomic mass is 9.94. The van der Waals surface area contributed by atoms with Crippen molar-refractivity contribution in [3.05, 3.63) is 34.6 Å². The Kier molecular flexibility index (Phi) is 6.03. The maximum Gasteiger partial charge on any atom is 0.123 e. The maximum atomic E-state index is 13.5. The first-order chi connectivity index (χ1) is 10.0. The van der Waals surface area contributed by atoms with Gasteiger partial charge in [-0.05, 0) is 36.1 Å². The van der Waals surface area contributed by atoms with Crippen molar-refractivity contribution in [1.82, 2.24) is 10.2 Å². The largest absolute Gasteiger partial charge is 0.311 e. The van der Waals surface area contributed by atoms with E-state index in [9.17, 15) is 4.39 Å². The third-order valence-corrected chi connectivity index (χ3v) is 5.12. The van der Waals surface area contributed by atoms with Gasteiger partial charge in [-0.3, -0.25) is 4.90 Å². The molecular formula is C17H26ClFN2. The van der Waals surface area contributed by atoms with Crippen LogP contribution in [0, 0.1) is 11.7 Å². The molecule has 118 valence electrons. The normalized spacial score (nSPS) is 25.0. The van der Waals surface area contributed by atoms with Crippen LogP contribution >= 0.6 is 11.6 Å². The average Bonchev–Trinajstić information content (AvgIpc) is 2.50. The fourth-order valence-electron chi connectivity index (χ4n) is 3.03. The zero-order chi connectivity index (χ0) is 15.4. The molecule has 4 heteroatoms. The molecule has 2 nitrogen and oxygen atoms in total. The Hall–Kier alpha value is -0.640. The van der Waals surface area contributed by atoms with E-state index in [4.69, 9.17) is 11.6 Å². The minimum Gasteiger partial charge on any atom is -0.311 e. The second-order valence-electron chi connectivity index (χ2n) is 6.13. The summed E-state index contributed by atoms with van der Waals surface area (Å²) < 4.78 is 13.5. The van der Waals surface area contributed by atoms with Crippen LogP contribution in [-0.2, 0) is 6.54 Å². The molecule has 1 aromatic carbocycles. The molecule has 1 aliphatic heterocycles. The summed E-state index contributed by atoms with van der Waals surface area (Å²) in [7, 11) is 0. The van der Waals surface area contributed by atoms with Crippen molar-refractivity contribution < 1.29 is 4.39 Å². The number of rotatable bonds is 5. The van der Waals surface area contributed by atoms with E-state index >= 15 is 0 Å². The molecule has 0 aliphatic carbocycles. The summed E-state index contributed by atoms with van der Waals surface area (Å²) in [5.41, 5.74) is 0.889. The Labute approximate surface area is 132 Å². The molecule has 0 saturated carbocycles. The van der Waals surface area contributed by atoms with Gasteiger partial charge in [0.25, 0.3) is 0 Å². The lowest BCUT2D eigenvalue weighted by Gasteiger charge is -2.42. The molecular weight excluding hydrogens is 287 g/mol. The molecule has 0 radical (unpaired) electrons. The van der Waals surface area contributed by atoms with Crippen molar-refractivity contribution >= 4 is 11.6 Å². The van der Waals surface area contributed by atoms with Crippen LogP contribution in [0.5, 0.6) is 0 Å². The summed E-state index contributed by atoms with van der Waals surface area (Å²) in [5, 5.41) is 4.32. The van der Waals surface area contributed by atoms with Crippen molar-refractivity contribution in [2.75, 3.05) is 13.1 Å². The van der Waals surface area contributed by atoms with Crippen LogP contribution in [0.25, 0.3) is 0 Å². The van der Waals surface area contributed by atoms with E-state index in [0.29, 0.717) is 23.0 Å². The van der Waals surface area contributed by atoms with Crippen molar-refractivity contribution in [3.63, 3.8) is 0 Å². The monoisotopic (exact) mass is 312 g/mol. The summed E-state index contributed by atoms with van der Waals surface area (Å²) in [6.07, 6.45) is 2.26. The highest BCUT2D eigenvalue weighted by atomic mass is 35.5. The lowest BCUT2D eigenvalue weighted by Crippen LogP contribution is -2.57. The number of hydrogen-bond donors (Lipinski definition) is 1. The van der Waals surface area contributed by atoms with Gasteiger partial charge in [-0.1, -0.05) is 38.8 Å². The van der Waals surface area contributed by atoms with Gasteiger partial charge in [0.05, 0.1) is 0 Å². The van der Waals surface area contributed by atoms with Gasteiger partial charge >= 0.3 is 0 Å². The molecule has 0 aromatic heterocycles. The molecule has 1 saturated heterocycles. The number of nitrogens with one attached hydrogen (secondary N) is 1. The van der Waals surface area contributed by atoms with E-state index in [2.05, 4.69) is 31.0 Å². The van der Waals surface area contributed by atoms with Gasteiger partial charge in [0.1, 0.15) is 5.82 Å². The summed E-state index contributed by atoms with van der Waals surface area (Å²) >= 11 is 6.22. The third-order valence-electron chi connectivity index (χ3n) is 4.75. The fraction of sp³-hybridized carbons (Fsp3) is 0.647. The van der Waals surface area contributed by atoms with Gasteiger partial charge in [-0.15, -0.1) is 0 Å². The van der Waals surface area contributed by atoms with E-state index in [-0.39, 0.29) is 5.82 Å².